The van der Waals surface area contributed by atoms with Crippen molar-refractivity contribution < 1.29 is 0 Å². The molecule has 4 heteroatoms. The van der Waals surface area contributed by atoms with Gasteiger partial charge in [0.05, 0.1) is 6.04 Å². The van der Waals surface area contributed by atoms with Crippen LogP contribution >= 0.6 is 24.0 Å². The first kappa shape index (κ1) is 14.6. The fourth-order valence-corrected chi connectivity index (χ4v) is 2.80. The second kappa shape index (κ2) is 6.11. The van der Waals surface area contributed by atoms with Gasteiger partial charge in [0.1, 0.15) is 0 Å². The molecular weight excluding hydrogens is 349 g/mol. The number of nitrogens with one attached hydrogen (secondary N) is 1. The van der Waals surface area contributed by atoms with Crippen molar-refractivity contribution in [3.63, 3.8) is 0 Å². The molecule has 0 aliphatic heterocycles. The average Bonchev–Trinajstić information content (AvgIpc) is 2.93. The van der Waals surface area contributed by atoms with Gasteiger partial charge in [-0.2, -0.15) is 0 Å². The molecule has 0 saturated heterocycles. The summed E-state index contributed by atoms with van der Waals surface area (Å²) in [5.41, 5.74) is 8.21. The Labute approximate surface area is 132 Å². The predicted octanol–water partition coefficient (Wildman–Crippen LogP) is 3.53. The van der Waals surface area contributed by atoms with Gasteiger partial charge in [0.2, 0.25) is 0 Å². The Bertz CT molecular complexity index is 468. The molecule has 1 aromatic rings. The van der Waals surface area contributed by atoms with Crippen LogP contribution in [0.2, 0.25) is 0 Å². The normalized spacial score (nSPS) is 26.3. The SMILES string of the molecule is Cc1cccc(NC(N)=N[C@@H]2C[C@H]2C2CCC2)c1.I. The van der Waals surface area contributed by atoms with Crippen LogP contribution in [0.4, 0.5) is 5.69 Å². The first-order valence-electron chi connectivity index (χ1n) is 6.89. The number of halogens is 1. The lowest BCUT2D eigenvalue weighted by molar-refractivity contribution is 0.274. The van der Waals surface area contributed by atoms with E-state index in [2.05, 4.69) is 29.4 Å². The molecule has 1 aromatic carbocycles. The minimum absolute atomic E-state index is 0. The molecule has 2 fully saturated rings. The Morgan fingerprint density at radius 3 is 2.79 bits per heavy atom. The molecule has 0 heterocycles. The van der Waals surface area contributed by atoms with Gasteiger partial charge in [0.25, 0.3) is 0 Å². The lowest BCUT2D eigenvalue weighted by atomic mass is 9.81. The summed E-state index contributed by atoms with van der Waals surface area (Å²) in [5, 5.41) is 3.18. The van der Waals surface area contributed by atoms with Crippen LogP contribution in [0.3, 0.4) is 0 Å². The van der Waals surface area contributed by atoms with Gasteiger partial charge in [0.15, 0.2) is 5.96 Å². The number of aliphatic imine (C=N–C) groups is 1. The maximum Gasteiger partial charge on any atom is 0.193 e. The molecule has 0 bridgehead atoms. The van der Waals surface area contributed by atoms with Crippen LogP contribution in [0.25, 0.3) is 0 Å². The molecule has 19 heavy (non-hydrogen) atoms. The molecule has 2 atom stereocenters. The molecule has 3 nitrogen and oxygen atoms in total. The van der Waals surface area contributed by atoms with Crippen molar-refractivity contribution in [2.24, 2.45) is 22.6 Å². The number of hydrogen-bond donors (Lipinski definition) is 2. The van der Waals surface area contributed by atoms with Crippen LogP contribution in [0, 0.1) is 18.8 Å². The zero-order chi connectivity index (χ0) is 12.5. The maximum atomic E-state index is 5.96. The molecule has 0 spiro atoms. The number of anilines is 1. The minimum Gasteiger partial charge on any atom is -0.370 e. The number of guanidine groups is 1. The Balaban J connectivity index is 0.00000133. The van der Waals surface area contributed by atoms with Gasteiger partial charge in [0, 0.05) is 5.69 Å². The predicted molar refractivity (Wildman–Crippen MR) is 91.1 cm³/mol. The molecule has 104 valence electrons. The van der Waals surface area contributed by atoms with Crippen LogP contribution in [0.1, 0.15) is 31.2 Å². The molecular formula is C15H22IN3. The average molecular weight is 371 g/mol. The topological polar surface area (TPSA) is 50.4 Å². The van der Waals surface area contributed by atoms with Crippen molar-refractivity contribution in [2.45, 2.75) is 38.6 Å². The Kier molecular flexibility index (Phi) is 4.71. The zero-order valence-corrected chi connectivity index (χ0v) is 13.6. The standard InChI is InChI=1S/C15H21N3.HI/c1-10-4-2-7-12(8-10)17-15(16)18-14-9-13(14)11-5-3-6-11;/h2,4,7-8,11,13-14H,3,5-6,9H2,1H3,(H3,16,17,18);1H/t13-,14+;/m0./s1. The maximum absolute atomic E-state index is 5.96. The van der Waals surface area contributed by atoms with E-state index < -0.39 is 0 Å². The van der Waals surface area contributed by atoms with E-state index in [1.807, 2.05) is 12.1 Å². The Morgan fingerprint density at radius 1 is 1.37 bits per heavy atom. The third-order valence-electron chi connectivity index (χ3n) is 4.16. The van der Waals surface area contributed by atoms with E-state index in [1.54, 1.807) is 0 Å². The molecule has 0 unspecified atom stereocenters. The number of aryl methyl sites for hydroxylation is 1. The van der Waals surface area contributed by atoms with Crippen molar-refractivity contribution in [1.29, 1.82) is 0 Å². The van der Waals surface area contributed by atoms with E-state index in [-0.39, 0.29) is 24.0 Å². The highest BCUT2D eigenvalue weighted by molar-refractivity contribution is 14.0. The second-order valence-electron chi connectivity index (χ2n) is 5.67. The Hall–Kier alpha value is -0.780. The second-order valence-corrected chi connectivity index (χ2v) is 5.67. The lowest BCUT2D eigenvalue weighted by Gasteiger charge is -2.25. The van der Waals surface area contributed by atoms with Crippen molar-refractivity contribution in [2.75, 3.05) is 5.32 Å². The van der Waals surface area contributed by atoms with E-state index >= 15 is 0 Å². The van der Waals surface area contributed by atoms with Crippen LogP contribution in [-0.4, -0.2) is 12.0 Å². The number of nitrogens with zero attached hydrogens (tertiary/aromatic N) is 1. The monoisotopic (exact) mass is 371 g/mol. The van der Waals surface area contributed by atoms with E-state index in [0.717, 1.165) is 17.5 Å². The Morgan fingerprint density at radius 2 is 2.16 bits per heavy atom. The quantitative estimate of drug-likeness (QED) is 0.485. The van der Waals surface area contributed by atoms with Gasteiger partial charge >= 0.3 is 0 Å². The van der Waals surface area contributed by atoms with E-state index in [1.165, 1.54) is 31.2 Å². The molecule has 0 aromatic heterocycles. The largest absolute Gasteiger partial charge is 0.370 e. The van der Waals surface area contributed by atoms with E-state index in [9.17, 15) is 0 Å². The van der Waals surface area contributed by atoms with Gasteiger partial charge in [-0.05, 0) is 42.9 Å². The summed E-state index contributed by atoms with van der Waals surface area (Å²) in [6, 6.07) is 8.68. The van der Waals surface area contributed by atoms with Crippen molar-refractivity contribution in [3.05, 3.63) is 29.8 Å². The number of hydrogen-bond acceptors (Lipinski definition) is 1. The van der Waals surface area contributed by atoms with Crippen LogP contribution in [-0.2, 0) is 0 Å². The highest BCUT2D eigenvalue weighted by Crippen LogP contribution is 2.48. The molecule has 3 N–H and O–H groups in total. The molecule has 0 radical (unpaired) electrons. The highest BCUT2D eigenvalue weighted by Gasteiger charge is 2.45. The molecule has 2 saturated carbocycles. The summed E-state index contributed by atoms with van der Waals surface area (Å²) in [5.74, 6) is 2.31. The number of benzene rings is 1. The molecule has 2 aliphatic carbocycles. The molecule has 2 aliphatic rings. The molecule has 0 amide bonds. The fraction of sp³-hybridized carbons (Fsp3) is 0.533. The highest BCUT2D eigenvalue weighted by atomic mass is 127. The van der Waals surface area contributed by atoms with Gasteiger partial charge in [-0.1, -0.05) is 31.4 Å². The van der Waals surface area contributed by atoms with Crippen LogP contribution < -0.4 is 11.1 Å². The van der Waals surface area contributed by atoms with E-state index in [0.29, 0.717) is 12.0 Å². The fourth-order valence-electron chi connectivity index (χ4n) is 2.80. The summed E-state index contributed by atoms with van der Waals surface area (Å²) in [6.07, 6.45) is 5.46. The van der Waals surface area contributed by atoms with E-state index in [4.69, 9.17) is 5.73 Å². The lowest BCUT2D eigenvalue weighted by Crippen LogP contribution is -2.24. The van der Waals surface area contributed by atoms with Crippen molar-refractivity contribution in [3.8, 4) is 0 Å². The number of nitrogens with two attached hydrogens (primary N) is 1. The summed E-state index contributed by atoms with van der Waals surface area (Å²) in [6.45, 7) is 2.08. The summed E-state index contributed by atoms with van der Waals surface area (Å²) in [7, 11) is 0. The van der Waals surface area contributed by atoms with Gasteiger partial charge in [-0.15, -0.1) is 24.0 Å². The van der Waals surface area contributed by atoms with Crippen molar-refractivity contribution >= 4 is 35.6 Å². The summed E-state index contributed by atoms with van der Waals surface area (Å²) < 4.78 is 0. The van der Waals surface area contributed by atoms with Gasteiger partial charge < -0.3 is 11.1 Å². The first-order chi connectivity index (χ1) is 8.72. The summed E-state index contributed by atoms with van der Waals surface area (Å²) in [4.78, 5) is 4.58. The van der Waals surface area contributed by atoms with Crippen LogP contribution in [0.5, 0.6) is 0 Å². The first-order valence-corrected chi connectivity index (χ1v) is 6.89. The number of rotatable bonds is 3. The van der Waals surface area contributed by atoms with Crippen molar-refractivity contribution in [1.82, 2.24) is 0 Å². The minimum atomic E-state index is 0. The summed E-state index contributed by atoms with van der Waals surface area (Å²) >= 11 is 0. The van der Waals surface area contributed by atoms with Gasteiger partial charge in [-0.3, -0.25) is 0 Å². The smallest absolute Gasteiger partial charge is 0.193 e. The third-order valence-corrected chi connectivity index (χ3v) is 4.16. The third kappa shape index (κ3) is 3.61. The molecule has 3 rings (SSSR count). The van der Waals surface area contributed by atoms with Gasteiger partial charge in [-0.25, -0.2) is 4.99 Å². The van der Waals surface area contributed by atoms with Crippen LogP contribution in [0.15, 0.2) is 29.3 Å². The zero-order valence-electron chi connectivity index (χ0n) is 11.3.